The highest BCUT2D eigenvalue weighted by molar-refractivity contribution is 7.98. The molecule has 0 spiro atoms. The number of carbonyl (C=O) groups excluding carboxylic acids is 1. The van der Waals surface area contributed by atoms with Crippen LogP contribution in [0, 0.1) is 13.8 Å². The third kappa shape index (κ3) is 3.38. The van der Waals surface area contributed by atoms with E-state index in [1.165, 1.54) is 7.11 Å². The Kier molecular flexibility index (Phi) is 4.27. The van der Waals surface area contributed by atoms with E-state index in [0.717, 1.165) is 27.9 Å². The van der Waals surface area contributed by atoms with Crippen LogP contribution in [-0.2, 0) is 10.5 Å². The number of ether oxygens (including phenoxy) is 1. The van der Waals surface area contributed by atoms with Gasteiger partial charge in [-0.15, -0.1) is 0 Å². The molecule has 100 valence electrons. The van der Waals surface area contributed by atoms with Crippen molar-refractivity contribution in [3.63, 3.8) is 0 Å². The highest BCUT2D eigenvalue weighted by Gasteiger charge is 2.06. The summed E-state index contributed by atoms with van der Waals surface area (Å²) in [5, 5.41) is 0.923. The average Bonchev–Trinajstić information content (AvgIpc) is 2.75. The smallest absolute Gasteiger partial charge is 0.337 e. The first-order chi connectivity index (χ1) is 9.10. The fourth-order valence-corrected chi connectivity index (χ4v) is 2.51. The predicted molar refractivity (Wildman–Crippen MR) is 75.4 cm³/mol. The molecule has 5 heteroatoms. The van der Waals surface area contributed by atoms with Crippen LogP contribution >= 0.6 is 11.8 Å². The number of esters is 1. The second-order valence-electron chi connectivity index (χ2n) is 4.23. The van der Waals surface area contributed by atoms with Gasteiger partial charge in [-0.2, -0.15) is 0 Å². The van der Waals surface area contributed by atoms with Gasteiger partial charge < -0.3 is 9.72 Å². The SMILES string of the molecule is COC(=O)c1ccc(CSc2nc(C)c(C)[nH]2)cc1. The summed E-state index contributed by atoms with van der Waals surface area (Å²) < 4.78 is 4.66. The molecule has 0 aliphatic heterocycles. The monoisotopic (exact) mass is 276 g/mol. The van der Waals surface area contributed by atoms with E-state index in [1.54, 1.807) is 23.9 Å². The Labute approximate surface area is 116 Å². The van der Waals surface area contributed by atoms with Crippen molar-refractivity contribution in [3.8, 4) is 0 Å². The molecule has 1 aromatic carbocycles. The quantitative estimate of drug-likeness (QED) is 0.688. The van der Waals surface area contributed by atoms with Gasteiger partial charge in [-0.1, -0.05) is 23.9 Å². The summed E-state index contributed by atoms with van der Waals surface area (Å²) in [6.45, 7) is 4.00. The summed E-state index contributed by atoms with van der Waals surface area (Å²) in [6.07, 6.45) is 0. The maximum absolute atomic E-state index is 11.3. The van der Waals surface area contributed by atoms with E-state index < -0.39 is 0 Å². The van der Waals surface area contributed by atoms with E-state index >= 15 is 0 Å². The van der Waals surface area contributed by atoms with Crippen LogP contribution in [0.1, 0.15) is 27.3 Å². The van der Waals surface area contributed by atoms with Crippen molar-refractivity contribution in [1.82, 2.24) is 9.97 Å². The van der Waals surface area contributed by atoms with E-state index in [9.17, 15) is 4.79 Å². The van der Waals surface area contributed by atoms with Gasteiger partial charge in [-0.3, -0.25) is 0 Å². The Morgan fingerprint density at radius 2 is 2.00 bits per heavy atom. The number of aromatic amines is 1. The van der Waals surface area contributed by atoms with E-state index in [-0.39, 0.29) is 5.97 Å². The molecule has 0 radical (unpaired) electrons. The Morgan fingerprint density at radius 1 is 1.32 bits per heavy atom. The van der Waals surface area contributed by atoms with Crippen molar-refractivity contribution in [2.45, 2.75) is 24.8 Å². The van der Waals surface area contributed by atoms with Crippen LogP contribution in [0.4, 0.5) is 0 Å². The number of nitrogens with zero attached hydrogens (tertiary/aromatic N) is 1. The highest BCUT2D eigenvalue weighted by Crippen LogP contribution is 2.21. The van der Waals surface area contributed by atoms with E-state index in [0.29, 0.717) is 5.56 Å². The van der Waals surface area contributed by atoms with Gasteiger partial charge in [0.15, 0.2) is 5.16 Å². The number of benzene rings is 1. The maximum Gasteiger partial charge on any atom is 0.337 e. The summed E-state index contributed by atoms with van der Waals surface area (Å²) in [6, 6.07) is 7.42. The number of aryl methyl sites for hydroxylation is 2. The molecule has 1 heterocycles. The first kappa shape index (κ1) is 13.7. The molecule has 2 rings (SSSR count). The largest absolute Gasteiger partial charge is 0.465 e. The molecule has 1 N–H and O–H groups in total. The van der Waals surface area contributed by atoms with Crippen LogP contribution in [0.3, 0.4) is 0 Å². The molecule has 0 unspecified atom stereocenters. The van der Waals surface area contributed by atoms with E-state index in [1.807, 2.05) is 26.0 Å². The molecule has 0 saturated heterocycles. The van der Waals surface area contributed by atoms with Crippen molar-refractivity contribution >= 4 is 17.7 Å². The van der Waals surface area contributed by atoms with Crippen LogP contribution in [0.5, 0.6) is 0 Å². The number of imidazole rings is 1. The Balaban J connectivity index is 1.98. The van der Waals surface area contributed by atoms with Crippen LogP contribution in [0.25, 0.3) is 0 Å². The maximum atomic E-state index is 11.3. The van der Waals surface area contributed by atoms with Gasteiger partial charge in [0.2, 0.25) is 0 Å². The second-order valence-corrected chi connectivity index (χ2v) is 5.19. The van der Waals surface area contributed by atoms with Crippen molar-refractivity contribution in [1.29, 1.82) is 0 Å². The molecule has 0 atom stereocenters. The third-order valence-corrected chi connectivity index (χ3v) is 3.80. The van der Waals surface area contributed by atoms with Gasteiger partial charge in [-0.05, 0) is 31.5 Å². The number of carbonyl (C=O) groups is 1. The Hall–Kier alpha value is -1.75. The zero-order valence-electron chi connectivity index (χ0n) is 11.2. The number of rotatable bonds is 4. The number of H-pyrrole nitrogens is 1. The minimum atomic E-state index is -0.309. The van der Waals surface area contributed by atoms with Crippen LogP contribution in [-0.4, -0.2) is 23.0 Å². The lowest BCUT2D eigenvalue weighted by Gasteiger charge is -2.02. The fraction of sp³-hybridized carbons (Fsp3) is 0.286. The topological polar surface area (TPSA) is 55.0 Å². The van der Waals surface area contributed by atoms with Crippen molar-refractivity contribution in [3.05, 3.63) is 46.8 Å². The first-order valence-electron chi connectivity index (χ1n) is 5.93. The second kappa shape index (κ2) is 5.93. The summed E-state index contributed by atoms with van der Waals surface area (Å²) in [5.41, 5.74) is 3.84. The summed E-state index contributed by atoms with van der Waals surface area (Å²) >= 11 is 1.65. The number of methoxy groups -OCH3 is 1. The number of thioether (sulfide) groups is 1. The summed E-state index contributed by atoms with van der Waals surface area (Å²) in [7, 11) is 1.38. The number of hydrogen-bond donors (Lipinski definition) is 1. The lowest BCUT2D eigenvalue weighted by atomic mass is 10.1. The van der Waals surface area contributed by atoms with E-state index in [4.69, 9.17) is 0 Å². The molecule has 2 aromatic rings. The molecule has 1 aromatic heterocycles. The lowest BCUT2D eigenvalue weighted by molar-refractivity contribution is 0.0600. The Morgan fingerprint density at radius 3 is 2.53 bits per heavy atom. The molecule has 19 heavy (non-hydrogen) atoms. The highest BCUT2D eigenvalue weighted by atomic mass is 32.2. The van der Waals surface area contributed by atoms with Crippen molar-refractivity contribution < 1.29 is 9.53 Å². The average molecular weight is 276 g/mol. The minimum absolute atomic E-state index is 0.309. The zero-order valence-corrected chi connectivity index (χ0v) is 12.0. The van der Waals surface area contributed by atoms with Gasteiger partial charge in [0.1, 0.15) is 0 Å². The predicted octanol–water partition coefficient (Wildman–Crippen LogP) is 3.11. The van der Waals surface area contributed by atoms with Gasteiger partial charge in [0.25, 0.3) is 0 Å². The number of aromatic nitrogens is 2. The first-order valence-corrected chi connectivity index (χ1v) is 6.92. The van der Waals surface area contributed by atoms with Gasteiger partial charge in [0, 0.05) is 11.4 Å². The Bertz CT molecular complexity index is 556. The van der Waals surface area contributed by atoms with Crippen LogP contribution in [0.15, 0.2) is 29.4 Å². The molecule has 0 amide bonds. The molecule has 0 aliphatic carbocycles. The van der Waals surface area contributed by atoms with E-state index in [2.05, 4.69) is 14.7 Å². The van der Waals surface area contributed by atoms with Gasteiger partial charge in [0.05, 0.1) is 18.4 Å². The number of nitrogens with one attached hydrogen (secondary N) is 1. The van der Waals surface area contributed by atoms with Crippen LogP contribution in [0.2, 0.25) is 0 Å². The van der Waals surface area contributed by atoms with Crippen LogP contribution < -0.4 is 0 Å². The van der Waals surface area contributed by atoms with Gasteiger partial charge in [-0.25, -0.2) is 9.78 Å². The fourth-order valence-electron chi connectivity index (χ4n) is 1.59. The third-order valence-electron chi connectivity index (χ3n) is 2.86. The van der Waals surface area contributed by atoms with Crippen molar-refractivity contribution in [2.75, 3.05) is 7.11 Å². The van der Waals surface area contributed by atoms with Gasteiger partial charge >= 0.3 is 5.97 Å². The molecule has 0 saturated carbocycles. The molecule has 0 aliphatic rings. The molecular formula is C14H16N2O2S. The van der Waals surface area contributed by atoms with Crippen molar-refractivity contribution in [2.24, 2.45) is 0 Å². The molecule has 4 nitrogen and oxygen atoms in total. The zero-order chi connectivity index (χ0) is 13.8. The minimum Gasteiger partial charge on any atom is -0.465 e. The molecule has 0 bridgehead atoms. The molecule has 0 fully saturated rings. The lowest BCUT2D eigenvalue weighted by Crippen LogP contribution is -2.00. The normalized spacial score (nSPS) is 10.5. The summed E-state index contributed by atoms with van der Waals surface area (Å²) in [5.74, 6) is 0.505. The number of hydrogen-bond acceptors (Lipinski definition) is 4. The summed E-state index contributed by atoms with van der Waals surface area (Å²) in [4.78, 5) is 19.0. The molecular weight excluding hydrogens is 260 g/mol. The standard InChI is InChI=1S/C14H16N2O2S/c1-9-10(2)16-14(15-9)19-8-11-4-6-12(7-5-11)13(17)18-3/h4-7H,8H2,1-3H3,(H,15,16).